The molecule has 5 heteroatoms. The lowest BCUT2D eigenvalue weighted by molar-refractivity contribution is -0.116. The van der Waals surface area contributed by atoms with Gasteiger partial charge in [0.15, 0.2) is 0 Å². The standard InChI is InChI=1S/C15H19N3OS/c1-11(16-10-15-17-9-12(2)20-15)8-14(19)18-13-6-4-3-5-7-13/h3-7,9,11,16H,8,10H2,1-2H3,(H,18,19)/t11-/m1/s1. The van der Waals surface area contributed by atoms with Crippen LogP contribution in [0.1, 0.15) is 23.2 Å². The van der Waals surface area contributed by atoms with E-state index in [2.05, 4.69) is 15.6 Å². The fraction of sp³-hybridized carbons (Fsp3) is 0.333. The molecule has 0 bridgehead atoms. The molecule has 1 atom stereocenters. The van der Waals surface area contributed by atoms with Gasteiger partial charge in [-0.25, -0.2) is 4.98 Å². The zero-order valence-corrected chi connectivity index (χ0v) is 12.5. The molecule has 0 spiro atoms. The van der Waals surface area contributed by atoms with Crippen LogP contribution in [0.2, 0.25) is 0 Å². The lowest BCUT2D eigenvalue weighted by Crippen LogP contribution is -2.30. The van der Waals surface area contributed by atoms with Crippen LogP contribution < -0.4 is 10.6 Å². The van der Waals surface area contributed by atoms with Crippen LogP contribution in [0.15, 0.2) is 36.5 Å². The molecule has 20 heavy (non-hydrogen) atoms. The lowest BCUT2D eigenvalue weighted by atomic mass is 10.2. The molecule has 2 N–H and O–H groups in total. The van der Waals surface area contributed by atoms with Crippen molar-refractivity contribution in [2.45, 2.75) is 32.9 Å². The van der Waals surface area contributed by atoms with Crippen LogP contribution in [0.25, 0.3) is 0 Å². The molecule has 1 aromatic heterocycles. The van der Waals surface area contributed by atoms with E-state index in [9.17, 15) is 4.79 Å². The summed E-state index contributed by atoms with van der Waals surface area (Å²) in [5.41, 5.74) is 0.834. The molecule has 0 fully saturated rings. The van der Waals surface area contributed by atoms with Crippen molar-refractivity contribution in [3.8, 4) is 0 Å². The Balaban J connectivity index is 1.73. The maximum Gasteiger partial charge on any atom is 0.225 e. The minimum Gasteiger partial charge on any atom is -0.326 e. The van der Waals surface area contributed by atoms with E-state index in [1.165, 1.54) is 4.88 Å². The van der Waals surface area contributed by atoms with E-state index in [1.807, 2.05) is 50.4 Å². The number of anilines is 1. The number of para-hydroxylation sites is 1. The predicted molar refractivity (Wildman–Crippen MR) is 82.8 cm³/mol. The van der Waals surface area contributed by atoms with Gasteiger partial charge in [0.25, 0.3) is 0 Å². The van der Waals surface area contributed by atoms with Crippen LogP contribution in [0.3, 0.4) is 0 Å². The summed E-state index contributed by atoms with van der Waals surface area (Å²) in [5.74, 6) is 0.0199. The molecular weight excluding hydrogens is 270 g/mol. The fourth-order valence-electron chi connectivity index (χ4n) is 1.83. The number of nitrogens with one attached hydrogen (secondary N) is 2. The van der Waals surface area contributed by atoms with Crippen LogP contribution >= 0.6 is 11.3 Å². The largest absolute Gasteiger partial charge is 0.326 e. The first-order valence-electron chi connectivity index (χ1n) is 6.63. The highest BCUT2D eigenvalue weighted by atomic mass is 32.1. The van der Waals surface area contributed by atoms with Gasteiger partial charge in [0, 0.05) is 35.8 Å². The summed E-state index contributed by atoms with van der Waals surface area (Å²) >= 11 is 1.68. The second-order valence-corrected chi connectivity index (χ2v) is 6.08. The van der Waals surface area contributed by atoms with E-state index in [0.717, 1.165) is 10.7 Å². The summed E-state index contributed by atoms with van der Waals surface area (Å²) in [6.07, 6.45) is 2.31. The maximum absolute atomic E-state index is 11.9. The number of benzene rings is 1. The van der Waals surface area contributed by atoms with Crippen molar-refractivity contribution in [3.63, 3.8) is 0 Å². The monoisotopic (exact) mass is 289 g/mol. The number of hydrogen-bond donors (Lipinski definition) is 2. The minimum absolute atomic E-state index is 0.0199. The molecule has 0 saturated carbocycles. The summed E-state index contributed by atoms with van der Waals surface area (Å²) in [5, 5.41) is 7.25. The van der Waals surface area contributed by atoms with Gasteiger partial charge >= 0.3 is 0 Å². The zero-order valence-electron chi connectivity index (χ0n) is 11.7. The van der Waals surface area contributed by atoms with Crippen molar-refractivity contribution in [2.24, 2.45) is 0 Å². The molecule has 0 radical (unpaired) electrons. The number of nitrogens with zero attached hydrogens (tertiary/aromatic N) is 1. The Labute approximate surface area is 123 Å². The Kier molecular flexibility index (Phi) is 5.26. The molecule has 2 aromatic rings. The van der Waals surface area contributed by atoms with Crippen LogP contribution in [0, 0.1) is 6.92 Å². The van der Waals surface area contributed by atoms with E-state index in [4.69, 9.17) is 0 Å². The summed E-state index contributed by atoms with van der Waals surface area (Å²) in [7, 11) is 0. The molecule has 0 aliphatic rings. The number of rotatable bonds is 6. The third kappa shape index (κ3) is 4.75. The molecule has 106 valence electrons. The number of aryl methyl sites for hydroxylation is 1. The average Bonchev–Trinajstić information content (AvgIpc) is 2.83. The number of amides is 1. The van der Waals surface area contributed by atoms with Gasteiger partial charge in [-0.1, -0.05) is 18.2 Å². The first-order chi connectivity index (χ1) is 9.63. The van der Waals surface area contributed by atoms with Gasteiger partial charge < -0.3 is 10.6 Å². The third-order valence-corrected chi connectivity index (χ3v) is 3.73. The van der Waals surface area contributed by atoms with Crippen molar-refractivity contribution < 1.29 is 4.79 Å². The Bertz CT molecular complexity index is 553. The average molecular weight is 289 g/mol. The van der Waals surface area contributed by atoms with Crippen LogP contribution in [0.4, 0.5) is 5.69 Å². The van der Waals surface area contributed by atoms with Gasteiger partial charge in [0.2, 0.25) is 5.91 Å². The van der Waals surface area contributed by atoms with Gasteiger partial charge in [-0.05, 0) is 26.0 Å². The molecule has 0 unspecified atom stereocenters. The highest BCUT2D eigenvalue weighted by Gasteiger charge is 2.09. The second-order valence-electron chi connectivity index (χ2n) is 4.76. The second kappa shape index (κ2) is 7.17. The number of carbonyl (C=O) groups is 1. The highest BCUT2D eigenvalue weighted by Crippen LogP contribution is 2.11. The first-order valence-corrected chi connectivity index (χ1v) is 7.44. The lowest BCUT2D eigenvalue weighted by Gasteiger charge is -2.12. The number of carbonyl (C=O) groups excluding carboxylic acids is 1. The van der Waals surface area contributed by atoms with E-state index in [-0.39, 0.29) is 11.9 Å². The normalized spacial score (nSPS) is 12.1. The van der Waals surface area contributed by atoms with E-state index in [1.54, 1.807) is 11.3 Å². The van der Waals surface area contributed by atoms with Crippen molar-refractivity contribution >= 4 is 22.9 Å². The summed E-state index contributed by atoms with van der Waals surface area (Å²) in [4.78, 5) is 17.4. The molecule has 4 nitrogen and oxygen atoms in total. The summed E-state index contributed by atoms with van der Waals surface area (Å²) in [6, 6.07) is 9.62. The quantitative estimate of drug-likeness (QED) is 0.859. The molecule has 1 heterocycles. The van der Waals surface area contributed by atoms with Gasteiger partial charge in [0.1, 0.15) is 5.01 Å². The van der Waals surface area contributed by atoms with Gasteiger partial charge in [0.05, 0.1) is 0 Å². The van der Waals surface area contributed by atoms with Gasteiger partial charge in [-0.2, -0.15) is 0 Å². The molecule has 0 aliphatic heterocycles. The Morgan fingerprint density at radius 3 is 2.75 bits per heavy atom. The molecule has 1 aromatic carbocycles. The first kappa shape index (κ1) is 14.7. The summed E-state index contributed by atoms with van der Waals surface area (Å²) < 4.78 is 0. The Morgan fingerprint density at radius 2 is 2.10 bits per heavy atom. The number of hydrogen-bond acceptors (Lipinski definition) is 4. The van der Waals surface area contributed by atoms with Crippen molar-refractivity contribution in [3.05, 3.63) is 46.4 Å². The third-order valence-electron chi connectivity index (χ3n) is 2.82. The smallest absolute Gasteiger partial charge is 0.225 e. The van der Waals surface area contributed by atoms with E-state index in [0.29, 0.717) is 13.0 Å². The molecule has 1 amide bonds. The van der Waals surface area contributed by atoms with E-state index >= 15 is 0 Å². The van der Waals surface area contributed by atoms with Crippen LogP contribution in [-0.2, 0) is 11.3 Å². The van der Waals surface area contributed by atoms with Crippen molar-refractivity contribution in [1.29, 1.82) is 0 Å². The zero-order chi connectivity index (χ0) is 14.4. The number of thiazole rings is 1. The van der Waals surface area contributed by atoms with Gasteiger partial charge in [-0.3, -0.25) is 4.79 Å². The van der Waals surface area contributed by atoms with Gasteiger partial charge in [-0.15, -0.1) is 11.3 Å². The van der Waals surface area contributed by atoms with Crippen molar-refractivity contribution in [2.75, 3.05) is 5.32 Å². The maximum atomic E-state index is 11.9. The minimum atomic E-state index is 0.0199. The Hall–Kier alpha value is -1.72. The fourth-order valence-corrected chi connectivity index (χ4v) is 2.57. The number of aromatic nitrogens is 1. The summed E-state index contributed by atoms with van der Waals surface area (Å²) in [6.45, 7) is 4.75. The topological polar surface area (TPSA) is 54.0 Å². The SMILES string of the molecule is Cc1cnc(CN[C@H](C)CC(=O)Nc2ccccc2)s1. The molecule has 0 aliphatic carbocycles. The van der Waals surface area contributed by atoms with E-state index < -0.39 is 0 Å². The van der Waals surface area contributed by atoms with Crippen LogP contribution in [0.5, 0.6) is 0 Å². The predicted octanol–water partition coefficient (Wildman–Crippen LogP) is 2.96. The highest BCUT2D eigenvalue weighted by molar-refractivity contribution is 7.11. The van der Waals surface area contributed by atoms with Crippen LogP contribution in [-0.4, -0.2) is 16.9 Å². The molecular formula is C15H19N3OS. The molecule has 2 rings (SSSR count). The Morgan fingerprint density at radius 1 is 1.35 bits per heavy atom. The molecule has 0 saturated heterocycles. The van der Waals surface area contributed by atoms with Crippen molar-refractivity contribution in [1.82, 2.24) is 10.3 Å².